The van der Waals surface area contributed by atoms with Crippen molar-refractivity contribution in [3.05, 3.63) is 101 Å². The summed E-state index contributed by atoms with van der Waals surface area (Å²) in [4.78, 5) is 39.6. The Labute approximate surface area is 206 Å². The fourth-order valence-corrected chi connectivity index (χ4v) is 3.70. The minimum absolute atomic E-state index is 0.230. The number of rotatable bonds is 10. The van der Waals surface area contributed by atoms with Crippen LogP contribution in [0.3, 0.4) is 0 Å². The number of amides is 2. The number of esters is 1. The molecule has 0 radical (unpaired) electrons. The van der Waals surface area contributed by atoms with Crippen LogP contribution in [0.4, 0.5) is 5.69 Å². The molecule has 182 valence electrons. The van der Waals surface area contributed by atoms with E-state index in [2.05, 4.69) is 35.4 Å². The second-order valence-corrected chi connectivity index (χ2v) is 8.02. The summed E-state index contributed by atoms with van der Waals surface area (Å²) in [6, 6.07) is 21.1. The van der Waals surface area contributed by atoms with Crippen molar-refractivity contribution in [3.8, 4) is 0 Å². The number of methoxy groups -OCH3 is 1. The first-order chi connectivity index (χ1) is 16.9. The Kier molecular flexibility index (Phi) is 9.15. The van der Waals surface area contributed by atoms with Crippen molar-refractivity contribution in [3.63, 3.8) is 0 Å². The van der Waals surface area contributed by atoms with Crippen LogP contribution in [0.25, 0.3) is 0 Å². The molecule has 3 rings (SSSR count). The highest BCUT2D eigenvalue weighted by atomic mass is 16.5. The van der Waals surface area contributed by atoms with Gasteiger partial charge in [0, 0.05) is 29.9 Å². The summed E-state index contributed by atoms with van der Waals surface area (Å²) in [5.74, 6) is -1.14. The molecule has 7 heteroatoms. The molecule has 0 aliphatic carbocycles. The number of carbonyl (C=O) groups excluding carboxylic acids is 3. The molecule has 3 aromatic rings. The van der Waals surface area contributed by atoms with Crippen LogP contribution in [-0.4, -0.2) is 42.9 Å². The molecule has 0 heterocycles. The number of carbonyl (C=O) groups is 3. The summed E-state index contributed by atoms with van der Waals surface area (Å²) in [5, 5.41) is 5.76. The average Bonchev–Trinajstić information content (AvgIpc) is 2.90. The number of hydrogen-bond acceptors (Lipinski definition) is 5. The normalized spacial score (nSPS) is 10.6. The Bertz CT molecular complexity index is 1190. The second-order valence-electron chi connectivity index (χ2n) is 8.02. The minimum atomic E-state index is -0.517. The van der Waals surface area contributed by atoms with Crippen LogP contribution in [-0.2, 0) is 17.8 Å². The van der Waals surface area contributed by atoms with E-state index in [4.69, 9.17) is 4.74 Å². The lowest BCUT2D eigenvalue weighted by molar-refractivity contribution is 0.0600. The summed E-state index contributed by atoms with van der Waals surface area (Å²) in [5.41, 5.74) is 3.77. The van der Waals surface area contributed by atoms with Crippen molar-refractivity contribution >= 4 is 23.5 Å². The lowest BCUT2D eigenvalue weighted by Crippen LogP contribution is -2.26. The first kappa shape index (κ1) is 25.6. The average molecular weight is 474 g/mol. The second kappa shape index (κ2) is 12.5. The van der Waals surface area contributed by atoms with E-state index in [0.717, 1.165) is 25.2 Å². The van der Waals surface area contributed by atoms with Gasteiger partial charge in [0.2, 0.25) is 0 Å². The zero-order valence-corrected chi connectivity index (χ0v) is 20.3. The fourth-order valence-electron chi connectivity index (χ4n) is 3.70. The number of hydrogen-bond donors (Lipinski definition) is 2. The van der Waals surface area contributed by atoms with E-state index in [9.17, 15) is 14.4 Å². The van der Waals surface area contributed by atoms with Gasteiger partial charge < -0.3 is 15.4 Å². The van der Waals surface area contributed by atoms with Gasteiger partial charge in [-0.05, 0) is 60.6 Å². The standard InChI is InChI=1S/C28H31N3O4/c1-4-31(5-2)19-24-11-7-6-10-23(24)18-29-26(32)21-13-9-15-25(17-21)30-27(33)20-12-8-14-22(16-20)28(34)35-3/h6-17H,4-5,18-19H2,1-3H3,(H,29,32)(H,30,33). The highest BCUT2D eigenvalue weighted by Gasteiger charge is 2.13. The Balaban J connectivity index is 1.66. The summed E-state index contributed by atoms with van der Waals surface area (Å²) in [7, 11) is 1.29. The topological polar surface area (TPSA) is 87.7 Å². The first-order valence-corrected chi connectivity index (χ1v) is 11.6. The van der Waals surface area contributed by atoms with Gasteiger partial charge in [-0.15, -0.1) is 0 Å². The van der Waals surface area contributed by atoms with Gasteiger partial charge in [0.1, 0.15) is 0 Å². The van der Waals surface area contributed by atoms with E-state index in [1.165, 1.54) is 18.7 Å². The van der Waals surface area contributed by atoms with E-state index in [1.807, 2.05) is 18.2 Å². The van der Waals surface area contributed by atoms with Crippen molar-refractivity contribution in [2.45, 2.75) is 26.9 Å². The predicted octanol–water partition coefficient (Wildman–Crippen LogP) is 4.50. The first-order valence-electron chi connectivity index (χ1n) is 11.6. The molecule has 0 saturated heterocycles. The Morgan fingerprint density at radius 3 is 2.09 bits per heavy atom. The smallest absolute Gasteiger partial charge is 0.337 e. The van der Waals surface area contributed by atoms with Gasteiger partial charge in [-0.3, -0.25) is 14.5 Å². The lowest BCUT2D eigenvalue weighted by Gasteiger charge is -2.20. The molecule has 0 aliphatic heterocycles. The molecule has 2 amide bonds. The zero-order valence-electron chi connectivity index (χ0n) is 20.3. The molecular formula is C28H31N3O4. The van der Waals surface area contributed by atoms with Crippen LogP contribution in [0, 0.1) is 0 Å². The summed E-state index contributed by atoms with van der Waals surface area (Å²) in [6.07, 6.45) is 0. The highest BCUT2D eigenvalue weighted by Crippen LogP contribution is 2.15. The van der Waals surface area contributed by atoms with Crippen LogP contribution < -0.4 is 10.6 Å². The monoisotopic (exact) mass is 473 g/mol. The van der Waals surface area contributed by atoms with Crippen molar-refractivity contribution in [2.24, 2.45) is 0 Å². The molecule has 0 saturated carbocycles. The van der Waals surface area contributed by atoms with Gasteiger partial charge in [0.15, 0.2) is 0 Å². The zero-order chi connectivity index (χ0) is 25.2. The van der Waals surface area contributed by atoms with Crippen LogP contribution in [0.5, 0.6) is 0 Å². The number of anilines is 1. The third-order valence-corrected chi connectivity index (χ3v) is 5.77. The van der Waals surface area contributed by atoms with Gasteiger partial charge in [-0.25, -0.2) is 4.79 Å². The molecule has 2 N–H and O–H groups in total. The van der Waals surface area contributed by atoms with Crippen LogP contribution in [0.1, 0.15) is 56.0 Å². The fraction of sp³-hybridized carbons (Fsp3) is 0.250. The van der Waals surface area contributed by atoms with Crippen molar-refractivity contribution < 1.29 is 19.1 Å². The van der Waals surface area contributed by atoms with Gasteiger partial charge in [0.05, 0.1) is 12.7 Å². The van der Waals surface area contributed by atoms with Crippen LogP contribution in [0.2, 0.25) is 0 Å². The maximum Gasteiger partial charge on any atom is 0.337 e. The maximum absolute atomic E-state index is 12.8. The Morgan fingerprint density at radius 2 is 1.40 bits per heavy atom. The number of nitrogens with zero attached hydrogens (tertiary/aromatic N) is 1. The van der Waals surface area contributed by atoms with E-state index in [0.29, 0.717) is 23.4 Å². The van der Waals surface area contributed by atoms with Crippen molar-refractivity contribution in [1.29, 1.82) is 0 Å². The van der Waals surface area contributed by atoms with Gasteiger partial charge >= 0.3 is 5.97 Å². The SMILES string of the molecule is CCN(CC)Cc1ccccc1CNC(=O)c1cccc(NC(=O)c2cccc(C(=O)OC)c2)c1. The molecular weight excluding hydrogens is 442 g/mol. The molecule has 0 unspecified atom stereocenters. The van der Waals surface area contributed by atoms with E-state index >= 15 is 0 Å². The van der Waals surface area contributed by atoms with Crippen LogP contribution in [0.15, 0.2) is 72.8 Å². The van der Waals surface area contributed by atoms with E-state index < -0.39 is 11.9 Å². The molecule has 3 aromatic carbocycles. The quantitative estimate of drug-likeness (QED) is 0.424. The Morgan fingerprint density at radius 1 is 0.771 bits per heavy atom. The summed E-state index contributed by atoms with van der Waals surface area (Å²) < 4.78 is 4.71. The molecule has 0 atom stereocenters. The third kappa shape index (κ3) is 7.01. The maximum atomic E-state index is 12.8. The van der Waals surface area contributed by atoms with Gasteiger partial charge in [0.25, 0.3) is 11.8 Å². The molecule has 35 heavy (non-hydrogen) atoms. The third-order valence-electron chi connectivity index (χ3n) is 5.77. The predicted molar refractivity (Wildman–Crippen MR) is 136 cm³/mol. The Hall–Kier alpha value is -3.97. The van der Waals surface area contributed by atoms with Crippen molar-refractivity contribution in [2.75, 3.05) is 25.5 Å². The molecule has 0 aliphatic rings. The van der Waals surface area contributed by atoms with Crippen molar-refractivity contribution in [1.82, 2.24) is 10.2 Å². The number of nitrogens with one attached hydrogen (secondary N) is 2. The van der Waals surface area contributed by atoms with E-state index in [-0.39, 0.29) is 11.5 Å². The largest absolute Gasteiger partial charge is 0.465 e. The van der Waals surface area contributed by atoms with Gasteiger partial charge in [-0.1, -0.05) is 50.2 Å². The minimum Gasteiger partial charge on any atom is -0.465 e. The molecule has 0 aromatic heterocycles. The van der Waals surface area contributed by atoms with Crippen LogP contribution >= 0.6 is 0 Å². The molecule has 0 spiro atoms. The van der Waals surface area contributed by atoms with Gasteiger partial charge in [-0.2, -0.15) is 0 Å². The lowest BCUT2D eigenvalue weighted by atomic mass is 10.1. The molecule has 0 fully saturated rings. The van der Waals surface area contributed by atoms with E-state index in [1.54, 1.807) is 42.5 Å². The summed E-state index contributed by atoms with van der Waals surface area (Å²) in [6.45, 7) is 7.43. The molecule has 7 nitrogen and oxygen atoms in total. The number of benzene rings is 3. The molecule has 0 bridgehead atoms. The number of ether oxygens (including phenoxy) is 1. The summed E-state index contributed by atoms with van der Waals surface area (Å²) >= 11 is 0. The highest BCUT2D eigenvalue weighted by molar-refractivity contribution is 6.06.